The number of nitrogens with one attached hydrogen (secondary N) is 2. The van der Waals surface area contributed by atoms with Crippen molar-refractivity contribution in [3.8, 4) is 0 Å². The molecule has 2 N–H and O–H groups in total. The summed E-state index contributed by atoms with van der Waals surface area (Å²) < 4.78 is 0. The van der Waals surface area contributed by atoms with Gasteiger partial charge in [0.15, 0.2) is 0 Å². The Morgan fingerprint density at radius 3 is 2.27 bits per heavy atom. The second-order valence-electron chi connectivity index (χ2n) is 5.51. The van der Waals surface area contributed by atoms with Gasteiger partial charge in [0, 0.05) is 17.1 Å². The summed E-state index contributed by atoms with van der Waals surface area (Å²) in [4.78, 5) is 27.8. The van der Waals surface area contributed by atoms with Gasteiger partial charge < -0.3 is 4.98 Å². The van der Waals surface area contributed by atoms with Gasteiger partial charge in [-0.05, 0) is 17.2 Å². The van der Waals surface area contributed by atoms with Crippen LogP contribution in [0.5, 0.6) is 0 Å². The molecule has 0 saturated carbocycles. The van der Waals surface area contributed by atoms with Crippen molar-refractivity contribution in [2.75, 3.05) is 0 Å². The zero-order chi connectivity index (χ0) is 15.1. The van der Waals surface area contributed by atoms with Crippen molar-refractivity contribution in [1.29, 1.82) is 0 Å². The summed E-state index contributed by atoms with van der Waals surface area (Å²) in [6.07, 6.45) is 1.84. The van der Waals surface area contributed by atoms with Gasteiger partial charge in [0.25, 0.3) is 0 Å². The van der Waals surface area contributed by atoms with Crippen LogP contribution >= 0.6 is 0 Å². The molecule has 1 saturated heterocycles. The molecule has 2 atom stereocenters. The summed E-state index contributed by atoms with van der Waals surface area (Å²) in [5.74, 6) is -1.44. The Labute approximate surface area is 127 Å². The van der Waals surface area contributed by atoms with E-state index in [9.17, 15) is 9.59 Å². The molecular weight excluding hydrogens is 276 g/mol. The molecule has 2 aromatic carbocycles. The Bertz CT molecular complexity index is 867. The lowest BCUT2D eigenvalue weighted by molar-refractivity contribution is -0.125. The van der Waals surface area contributed by atoms with Crippen molar-refractivity contribution in [2.24, 2.45) is 0 Å². The van der Waals surface area contributed by atoms with Crippen LogP contribution in [-0.2, 0) is 9.59 Å². The van der Waals surface area contributed by atoms with Crippen LogP contribution in [0.1, 0.15) is 23.0 Å². The fraction of sp³-hybridized carbons (Fsp3) is 0.111. The van der Waals surface area contributed by atoms with Gasteiger partial charge >= 0.3 is 0 Å². The first-order valence-electron chi connectivity index (χ1n) is 7.21. The van der Waals surface area contributed by atoms with Gasteiger partial charge in [0.05, 0.1) is 11.8 Å². The summed E-state index contributed by atoms with van der Waals surface area (Å²) in [7, 11) is 0. The highest BCUT2D eigenvalue weighted by Gasteiger charge is 2.44. The predicted molar refractivity (Wildman–Crippen MR) is 83.4 cm³/mol. The molecule has 2 amide bonds. The number of hydrogen-bond acceptors (Lipinski definition) is 2. The molecule has 3 aromatic rings. The van der Waals surface area contributed by atoms with E-state index in [0.29, 0.717) is 0 Å². The fourth-order valence-corrected chi connectivity index (χ4v) is 3.26. The highest BCUT2D eigenvalue weighted by molar-refractivity contribution is 6.11. The van der Waals surface area contributed by atoms with Crippen LogP contribution in [0, 0.1) is 0 Å². The zero-order valence-electron chi connectivity index (χ0n) is 11.7. The number of benzene rings is 2. The van der Waals surface area contributed by atoms with Gasteiger partial charge in [-0.3, -0.25) is 14.9 Å². The average molecular weight is 290 g/mol. The molecule has 2 unspecified atom stereocenters. The monoisotopic (exact) mass is 290 g/mol. The number of para-hydroxylation sites is 1. The highest BCUT2D eigenvalue weighted by atomic mass is 16.2. The van der Waals surface area contributed by atoms with Gasteiger partial charge in [-0.15, -0.1) is 0 Å². The molecule has 4 heteroatoms. The van der Waals surface area contributed by atoms with Crippen molar-refractivity contribution in [3.63, 3.8) is 0 Å². The third-order valence-electron chi connectivity index (χ3n) is 4.26. The van der Waals surface area contributed by atoms with E-state index in [2.05, 4.69) is 10.3 Å². The number of aromatic amines is 1. The quantitative estimate of drug-likeness (QED) is 0.713. The van der Waals surface area contributed by atoms with E-state index in [1.807, 2.05) is 60.8 Å². The van der Waals surface area contributed by atoms with E-state index in [1.165, 1.54) is 0 Å². The van der Waals surface area contributed by atoms with Gasteiger partial charge in [-0.1, -0.05) is 48.5 Å². The number of aromatic nitrogens is 1. The summed E-state index contributed by atoms with van der Waals surface area (Å²) in [6, 6.07) is 17.3. The normalized spacial score (nSPS) is 21.3. The second kappa shape index (κ2) is 4.84. The number of amides is 2. The molecule has 22 heavy (non-hydrogen) atoms. The van der Waals surface area contributed by atoms with E-state index in [4.69, 9.17) is 0 Å². The minimum atomic E-state index is -0.494. The Morgan fingerprint density at radius 2 is 1.45 bits per heavy atom. The van der Waals surface area contributed by atoms with Crippen LogP contribution in [0.25, 0.3) is 10.9 Å². The molecule has 4 rings (SSSR count). The van der Waals surface area contributed by atoms with Crippen LogP contribution in [-0.4, -0.2) is 16.8 Å². The molecule has 2 heterocycles. The predicted octanol–water partition coefficient (Wildman–Crippen LogP) is 2.69. The molecule has 1 aliphatic heterocycles. The molecule has 1 aromatic heterocycles. The first kappa shape index (κ1) is 12.8. The zero-order valence-corrected chi connectivity index (χ0v) is 11.7. The fourth-order valence-electron chi connectivity index (χ4n) is 3.26. The average Bonchev–Trinajstić information content (AvgIpc) is 3.08. The maximum absolute atomic E-state index is 12.4. The Morgan fingerprint density at radius 1 is 0.773 bits per heavy atom. The van der Waals surface area contributed by atoms with Gasteiger partial charge in [-0.2, -0.15) is 0 Å². The molecule has 0 spiro atoms. The minimum Gasteiger partial charge on any atom is -0.361 e. The number of hydrogen-bond donors (Lipinski definition) is 2. The number of rotatable bonds is 2. The SMILES string of the molecule is O=C1NC(=O)C(c2c[nH]c3ccccc23)C1c1ccccc1. The van der Waals surface area contributed by atoms with Crippen molar-refractivity contribution in [1.82, 2.24) is 10.3 Å². The van der Waals surface area contributed by atoms with E-state index in [1.54, 1.807) is 0 Å². The minimum absolute atomic E-state index is 0.230. The molecule has 1 fully saturated rings. The lowest BCUT2D eigenvalue weighted by Gasteiger charge is -2.15. The van der Waals surface area contributed by atoms with E-state index in [-0.39, 0.29) is 11.8 Å². The Hall–Kier alpha value is -2.88. The summed E-state index contributed by atoms with van der Waals surface area (Å²) in [5, 5.41) is 3.46. The molecule has 0 bridgehead atoms. The number of fused-ring (bicyclic) bond motifs is 1. The van der Waals surface area contributed by atoms with Crippen LogP contribution in [0.2, 0.25) is 0 Å². The summed E-state index contributed by atoms with van der Waals surface area (Å²) in [5.41, 5.74) is 2.70. The first-order chi connectivity index (χ1) is 10.8. The molecule has 0 radical (unpaired) electrons. The lowest BCUT2D eigenvalue weighted by atomic mass is 9.83. The van der Waals surface area contributed by atoms with Crippen molar-refractivity contribution in [3.05, 3.63) is 71.9 Å². The lowest BCUT2D eigenvalue weighted by Crippen LogP contribution is -2.21. The number of carbonyl (C=O) groups is 2. The number of imide groups is 1. The largest absolute Gasteiger partial charge is 0.361 e. The van der Waals surface area contributed by atoms with E-state index in [0.717, 1.165) is 22.0 Å². The van der Waals surface area contributed by atoms with Crippen LogP contribution in [0.3, 0.4) is 0 Å². The molecular formula is C18H14N2O2. The third-order valence-corrected chi connectivity index (χ3v) is 4.26. The molecule has 0 aliphatic carbocycles. The smallest absolute Gasteiger partial charge is 0.235 e. The van der Waals surface area contributed by atoms with Crippen molar-refractivity contribution < 1.29 is 9.59 Å². The summed E-state index contributed by atoms with van der Waals surface area (Å²) >= 11 is 0. The van der Waals surface area contributed by atoms with Gasteiger partial charge in [0.1, 0.15) is 0 Å². The third kappa shape index (κ3) is 1.84. The number of H-pyrrole nitrogens is 1. The highest BCUT2D eigenvalue weighted by Crippen LogP contribution is 2.40. The number of carbonyl (C=O) groups excluding carboxylic acids is 2. The van der Waals surface area contributed by atoms with E-state index >= 15 is 0 Å². The van der Waals surface area contributed by atoms with Crippen molar-refractivity contribution >= 4 is 22.7 Å². The van der Waals surface area contributed by atoms with Crippen LogP contribution in [0.4, 0.5) is 0 Å². The first-order valence-corrected chi connectivity index (χ1v) is 7.21. The van der Waals surface area contributed by atoms with Gasteiger partial charge in [0.2, 0.25) is 11.8 Å². The maximum atomic E-state index is 12.4. The molecule has 1 aliphatic rings. The Kier molecular flexibility index (Phi) is 2.82. The maximum Gasteiger partial charge on any atom is 0.235 e. The van der Waals surface area contributed by atoms with Crippen LogP contribution in [0.15, 0.2) is 60.8 Å². The second-order valence-corrected chi connectivity index (χ2v) is 5.51. The molecule has 108 valence electrons. The van der Waals surface area contributed by atoms with Crippen LogP contribution < -0.4 is 5.32 Å². The standard InChI is InChI=1S/C18H14N2O2/c21-17-15(11-6-2-1-3-7-11)16(18(22)20-17)13-10-19-14-9-5-4-8-12(13)14/h1-10,15-16,19H,(H,20,21,22). The van der Waals surface area contributed by atoms with Gasteiger partial charge in [-0.25, -0.2) is 0 Å². The topological polar surface area (TPSA) is 62.0 Å². The summed E-state index contributed by atoms with van der Waals surface area (Å²) in [6.45, 7) is 0. The Balaban J connectivity index is 1.88. The molecule has 4 nitrogen and oxygen atoms in total. The van der Waals surface area contributed by atoms with E-state index < -0.39 is 11.8 Å². The van der Waals surface area contributed by atoms with Crippen molar-refractivity contribution in [2.45, 2.75) is 11.8 Å².